The van der Waals surface area contributed by atoms with Crippen molar-refractivity contribution in [2.24, 2.45) is 11.7 Å². The summed E-state index contributed by atoms with van der Waals surface area (Å²) in [4.78, 5) is 11.6. The Labute approximate surface area is 565 Å². The van der Waals surface area contributed by atoms with E-state index in [0.717, 1.165) is 99.5 Å². The Morgan fingerprint density at radius 3 is 1.33 bits per heavy atom. The summed E-state index contributed by atoms with van der Waals surface area (Å²) in [5.41, 5.74) is 34.1. The fourth-order valence-corrected chi connectivity index (χ4v) is 14.9. The van der Waals surface area contributed by atoms with E-state index in [4.69, 9.17) is 5.73 Å². The predicted molar refractivity (Wildman–Crippen MR) is 397 cm³/mol. The highest BCUT2D eigenvalue weighted by Crippen LogP contribution is 2.39. The normalized spacial score (nSPS) is 19.5. The second-order valence-electron chi connectivity index (χ2n) is 30.7. The molecule has 14 rings (SSSR count). The van der Waals surface area contributed by atoms with Crippen LogP contribution in [0.15, 0.2) is 133 Å². The SMILES string of the molecule is CC(C)C1CCc2ccccc21.CC(C)c1ccc2c(c1)C(C)CC2.CC(C)c1ccc2c(c1)C(N)CC2.CC(C)c1ccc2c(c1)C(O)CCC2.CC(C)c1ccc2c(c1)CCCC2.CC(C)c1ccc2c(c1)CCCC2=O.CC(C)c1ccc2c(c1)CCCC2O. The molecule has 500 valence electrons. The van der Waals surface area contributed by atoms with Gasteiger partial charge in [-0.15, -0.1) is 0 Å². The molecule has 0 radical (unpaired) electrons. The van der Waals surface area contributed by atoms with Gasteiger partial charge in [0.15, 0.2) is 5.78 Å². The zero-order chi connectivity index (χ0) is 67.0. The lowest BCUT2D eigenvalue weighted by Gasteiger charge is -2.22. The number of aryl methyl sites for hydroxylation is 8. The quantitative estimate of drug-likeness (QED) is 0.148. The van der Waals surface area contributed by atoms with Crippen LogP contribution in [0, 0.1) is 5.92 Å². The Kier molecular flexibility index (Phi) is 27.2. The van der Waals surface area contributed by atoms with Gasteiger partial charge in [-0.05, 0) is 275 Å². The van der Waals surface area contributed by atoms with Crippen LogP contribution < -0.4 is 5.73 Å². The van der Waals surface area contributed by atoms with Crippen LogP contribution in [0.1, 0.15) is 356 Å². The van der Waals surface area contributed by atoms with Gasteiger partial charge in [-0.1, -0.05) is 237 Å². The lowest BCUT2D eigenvalue weighted by molar-refractivity contribution is 0.0972. The van der Waals surface area contributed by atoms with Crippen LogP contribution in [0.25, 0.3) is 0 Å². The van der Waals surface area contributed by atoms with E-state index in [1.165, 1.54) is 118 Å². The van der Waals surface area contributed by atoms with Crippen molar-refractivity contribution >= 4 is 5.78 Å². The van der Waals surface area contributed by atoms with Crippen LogP contribution in [0.5, 0.6) is 0 Å². The number of hydrogen-bond donors (Lipinski definition) is 3. The van der Waals surface area contributed by atoms with Crippen LogP contribution in [0.2, 0.25) is 0 Å². The van der Waals surface area contributed by atoms with Gasteiger partial charge >= 0.3 is 0 Å². The Hall–Kier alpha value is -5.91. The second kappa shape index (κ2) is 34.7. The van der Waals surface area contributed by atoms with Gasteiger partial charge in [0.1, 0.15) is 0 Å². The number of nitrogens with two attached hydrogens (primary N) is 1. The number of Topliss-reactive ketones (excluding diaryl/α,β-unsaturated/α-hetero) is 1. The first kappa shape index (κ1) is 72.9. The van der Waals surface area contributed by atoms with E-state index in [1.807, 2.05) is 6.07 Å². The maximum Gasteiger partial charge on any atom is 0.163 e. The molecule has 0 bridgehead atoms. The predicted octanol–water partition coefficient (Wildman–Crippen LogP) is 23.4. The molecule has 7 aliphatic carbocycles. The Morgan fingerprint density at radius 1 is 0.333 bits per heavy atom. The summed E-state index contributed by atoms with van der Waals surface area (Å²) < 4.78 is 0. The molecule has 5 atom stereocenters. The highest BCUT2D eigenvalue weighted by atomic mass is 16.3. The lowest BCUT2D eigenvalue weighted by Crippen LogP contribution is -2.11. The summed E-state index contributed by atoms with van der Waals surface area (Å²) in [6.45, 7) is 33.7. The van der Waals surface area contributed by atoms with E-state index in [0.29, 0.717) is 41.3 Å². The van der Waals surface area contributed by atoms with Crippen molar-refractivity contribution in [3.8, 4) is 0 Å². The van der Waals surface area contributed by atoms with Crippen LogP contribution >= 0.6 is 0 Å². The highest BCUT2D eigenvalue weighted by molar-refractivity contribution is 5.98. The molecule has 93 heavy (non-hydrogen) atoms. The molecule has 0 saturated carbocycles. The van der Waals surface area contributed by atoms with Crippen LogP contribution in [-0.2, 0) is 51.4 Å². The Balaban J connectivity index is 0.000000139. The molecule has 5 unspecified atom stereocenters. The number of carbonyl (C=O) groups excluding carboxylic acids is 1. The first-order chi connectivity index (χ1) is 44.5. The van der Waals surface area contributed by atoms with Crippen molar-refractivity contribution in [1.82, 2.24) is 0 Å². The third-order valence-electron chi connectivity index (χ3n) is 21.4. The molecule has 7 aliphatic rings. The number of benzene rings is 7. The molecule has 7 aromatic carbocycles. The second-order valence-corrected chi connectivity index (χ2v) is 30.7. The van der Waals surface area contributed by atoms with E-state index in [9.17, 15) is 15.0 Å². The van der Waals surface area contributed by atoms with Crippen molar-refractivity contribution in [1.29, 1.82) is 0 Å². The number of aliphatic hydroxyl groups excluding tert-OH is 2. The van der Waals surface area contributed by atoms with Gasteiger partial charge in [0.05, 0.1) is 12.2 Å². The van der Waals surface area contributed by atoms with E-state index in [2.05, 4.69) is 231 Å². The molecule has 4 N–H and O–H groups in total. The average molecular weight is 1250 g/mol. The monoisotopic (exact) mass is 1250 g/mol. The minimum atomic E-state index is -0.225. The highest BCUT2D eigenvalue weighted by Gasteiger charge is 2.26. The molecule has 4 nitrogen and oxygen atoms in total. The molecule has 0 fully saturated rings. The topological polar surface area (TPSA) is 83.5 Å². The number of rotatable bonds is 7. The summed E-state index contributed by atoms with van der Waals surface area (Å²) in [7, 11) is 0. The molecule has 0 amide bonds. The van der Waals surface area contributed by atoms with Gasteiger partial charge in [-0.3, -0.25) is 4.79 Å². The van der Waals surface area contributed by atoms with Crippen molar-refractivity contribution in [3.63, 3.8) is 0 Å². The van der Waals surface area contributed by atoms with Crippen molar-refractivity contribution in [2.75, 3.05) is 0 Å². The first-order valence-electron chi connectivity index (χ1n) is 37.0. The van der Waals surface area contributed by atoms with Crippen LogP contribution in [0.4, 0.5) is 0 Å². The standard InChI is InChI=1S/C13H18O.C13H16O.C13H18O.2C13H18.C12H17N.C12H16/c2*1-9(2)10-6-7-12-11(8-10)4-3-5-13(12)14;1-9(2)11-7-6-10-4-3-5-13(14)12(10)8-11;1-9(2)12-7-6-11-5-4-10(3)13(11)8-12;1-10(2)12-8-7-11-5-3-4-6-13(11)9-12;1-8(2)10-4-3-9-5-6-12(13)11(9)7-10;1-9(2)11-8-7-10-5-3-4-6-12(10)11/h6-9,13-14H,3-5H2,1-2H3;6-9H,3-5H2,1-2H3;6-9,13-14H,3-5H2,1-2H3;6-10H,4-5H2,1-3H3;7-10H,3-6H2,1-2H3;3-4,7-8,12H,5-6,13H2,1-2H3;3-6,9,11H,7-8H2,1-2H3. The number of fused-ring (bicyclic) bond motifs is 7. The first-order valence-corrected chi connectivity index (χ1v) is 37.0. The number of ketones is 1. The number of carbonyl (C=O) groups is 1. The lowest BCUT2D eigenvalue weighted by atomic mass is 9.86. The minimum absolute atomic E-state index is 0.222. The van der Waals surface area contributed by atoms with Crippen molar-refractivity contribution in [2.45, 2.75) is 291 Å². The van der Waals surface area contributed by atoms with Gasteiger partial charge < -0.3 is 15.9 Å². The maximum absolute atomic E-state index is 11.6. The average Bonchev–Trinajstić information content (AvgIpc) is 1.58. The summed E-state index contributed by atoms with van der Waals surface area (Å²) in [5, 5.41) is 19.7. The number of hydrogen-bond acceptors (Lipinski definition) is 4. The molecule has 0 spiro atoms. The van der Waals surface area contributed by atoms with Crippen LogP contribution in [0.3, 0.4) is 0 Å². The van der Waals surface area contributed by atoms with E-state index >= 15 is 0 Å². The van der Waals surface area contributed by atoms with Crippen LogP contribution in [-0.4, -0.2) is 16.0 Å². The van der Waals surface area contributed by atoms with Crippen molar-refractivity contribution < 1.29 is 15.0 Å². The summed E-state index contributed by atoms with van der Waals surface area (Å²) in [6.07, 6.45) is 21.7. The zero-order valence-electron chi connectivity index (χ0n) is 60.4. The third kappa shape index (κ3) is 19.9. The minimum Gasteiger partial charge on any atom is -0.388 e. The molecule has 0 saturated heterocycles. The van der Waals surface area contributed by atoms with Crippen molar-refractivity contribution in [3.05, 3.63) is 245 Å². The zero-order valence-corrected chi connectivity index (χ0v) is 60.4. The van der Waals surface area contributed by atoms with Gasteiger partial charge in [0.2, 0.25) is 0 Å². The Bertz CT molecular complexity index is 3440. The molecule has 0 heterocycles. The molecular weight excluding hydrogens is 1130 g/mol. The largest absolute Gasteiger partial charge is 0.388 e. The third-order valence-corrected chi connectivity index (χ3v) is 21.4. The maximum atomic E-state index is 11.6. The molecule has 0 aliphatic heterocycles. The Morgan fingerprint density at radius 2 is 0.742 bits per heavy atom. The van der Waals surface area contributed by atoms with Gasteiger partial charge in [0.25, 0.3) is 0 Å². The molecule has 7 aromatic rings. The fourth-order valence-electron chi connectivity index (χ4n) is 14.9. The summed E-state index contributed by atoms with van der Waals surface area (Å²) in [6, 6.07) is 49.4. The molecule has 0 aromatic heterocycles. The summed E-state index contributed by atoms with van der Waals surface area (Å²) in [5.74, 6) is 6.36. The molecular formula is C89H121NO3. The van der Waals surface area contributed by atoms with E-state index < -0.39 is 0 Å². The van der Waals surface area contributed by atoms with Gasteiger partial charge in [-0.2, -0.15) is 0 Å². The fraction of sp³-hybridized carbons (Fsp3) is 0.517. The molecule has 4 heteroatoms. The van der Waals surface area contributed by atoms with Gasteiger partial charge in [0, 0.05) is 18.0 Å². The number of aliphatic hydroxyl groups is 2. The van der Waals surface area contributed by atoms with E-state index in [-0.39, 0.29) is 18.2 Å². The van der Waals surface area contributed by atoms with E-state index in [1.54, 1.807) is 33.4 Å². The smallest absolute Gasteiger partial charge is 0.163 e. The van der Waals surface area contributed by atoms with Gasteiger partial charge in [-0.25, -0.2) is 0 Å². The summed E-state index contributed by atoms with van der Waals surface area (Å²) >= 11 is 0.